The number of aliphatic hydroxyl groups is 2. The van der Waals surface area contributed by atoms with Gasteiger partial charge in [0.1, 0.15) is 0 Å². The SMILES string of the molecule is CC(O)(CO)CNCc1ccc(N2CCCCC2)cc1. The van der Waals surface area contributed by atoms with Crippen LogP contribution in [0.3, 0.4) is 0 Å². The molecule has 1 unspecified atom stereocenters. The minimum Gasteiger partial charge on any atom is -0.393 e. The Labute approximate surface area is 121 Å². The first-order valence-electron chi connectivity index (χ1n) is 7.49. The quantitative estimate of drug-likeness (QED) is 0.738. The summed E-state index contributed by atoms with van der Waals surface area (Å²) in [4.78, 5) is 2.44. The predicted octanol–water partition coefficient (Wildman–Crippen LogP) is 1.51. The highest BCUT2D eigenvalue weighted by Crippen LogP contribution is 2.20. The van der Waals surface area contributed by atoms with Crippen molar-refractivity contribution >= 4 is 5.69 Å². The van der Waals surface area contributed by atoms with Crippen molar-refractivity contribution in [3.05, 3.63) is 29.8 Å². The highest BCUT2D eigenvalue weighted by molar-refractivity contribution is 5.47. The van der Waals surface area contributed by atoms with Gasteiger partial charge in [-0.2, -0.15) is 0 Å². The third-order valence-corrected chi connectivity index (χ3v) is 3.83. The fourth-order valence-corrected chi connectivity index (χ4v) is 2.51. The van der Waals surface area contributed by atoms with E-state index in [0.29, 0.717) is 13.1 Å². The van der Waals surface area contributed by atoms with Crippen molar-refractivity contribution < 1.29 is 10.2 Å². The fourth-order valence-electron chi connectivity index (χ4n) is 2.51. The van der Waals surface area contributed by atoms with E-state index in [4.69, 9.17) is 5.11 Å². The molecule has 1 heterocycles. The Morgan fingerprint density at radius 1 is 1.15 bits per heavy atom. The van der Waals surface area contributed by atoms with Crippen LogP contribution in [-0.2, 0) is 6.54 Å². The monoisotopic (exact) mass is 278 g/mol. The summed E-state index contributed by atoms with van der Waals surface area (Å²) in [7, 11) is 0. The van der Waals surface area contributed by atoms with Crippen molar-refractivity contribution in [1.82, 2.24) is 5.32 Å². The third kappa shape index (κ3) is 4.47. The molecule has 4 nitrogen and oxygen atoms in total. The van der Waals surface area contributed by atoms with Crippen LogP contribution in [0.1, 0.15) is 31.7 Å². The summed E-state index contributed by atoms with van der Waals surface area (Å²) in [5, 5.41) is 21.8. The van der Waals surface area contributed by atoms with Crippen molar-refractivity contribution in [2.45, 2.75) is 38.3 Å². The van der Waals surface area contributed by atoms with Gasteiger partial charge in [0.2, 0.25) is 0 Å². The molecule has 20 heavy (non-hydrogen) atoms. The molecule has 1 fully saturated rings. The Morgan fingerprint density at radius 2 is 1.80 bits per heavy atom. The first kappa shape index (κ1) is 15.3. The third-order valence-electron chi connectivity index (χ3n) is 3.83. The zero-order chi connectivity index (χ0) is 14.4. The predicted molar refractivity (Wildman–Crippen MR) is 81.9 cm³/mol. The summed E-state index contributed by atoms with van der Waals surface area (Å²) in [5.74, 6) is 0. The highest BCUT2D eigenvalue weighted by Gasteiger charge is 2.17. The fraction of sp³-hybridized carbons (Fsp3) is 0.625. The Morgan fingerprint density at radius 3 is 2.40 bits per heavy atom. The number of aliphatic hydroxyl groups excluding tert-OH is 1. The van der Waals surface area contributed by atoms with E-state index in [0.717, 1.165) is 13.1 Å². The van der Waals surface area contributed by atoms with Crippen LogP contribution < -0.4 is 10.2 Å². The molecule has 0 radical (unpaired) electrons. The van der Waals surface area contributed by atoms with Gasteiger partial charge in [0.05, 0.1) is 12.2 Å². The lowest BCUT2D eigenvalue weighted by atomic mass is 10.1. The average molecular weight is 278 g/mol. The number of benzene rings is 1. The van der Waals surface area contributed by atoms with Crippen LogP contribution in [0, 0.1) is 0 Å². The molecule has 3 N–H and O–H groups in total. The standard InChI is InChI=1S/C16H26N2O2/c1-16(20,13-19)12-17-11-14-5-7-15(8-6-14)18-9-3-2-4-10-18/h5-8,17,19-20H,2-4,9-13H2,1H3. The molecular weight excluding hydrogens is 252 g/mol. The molecule has 1 atom stereocenters. The second kappa shape index (κ2) is 7.07. The van der Waals surface area contributed by atoms with Gasteiger partial charge in [-0.15, -0.1) is 0 Å². The van der Waals surface area contributed by atoms with E-state index in [9.17, 15) is 5.11 Å². The van der Waals surface area contributed by atoms with Crippen LogP contribution in [0.25, 0.3) is 0 Å². The lowest BCUT2D eigenvalue weighted by Gasteiger charge is -2.29. The van der Waals surface area contributed by atoms with Gasteiger partial charge in [-0.1, -0.05) is 12.1 Å². The molecule has 0 aromatic heterocycles. The van der Waals surface area contributed by atoms with E-state index in [1.807, 2.05) is 0 Å². The zero-order valence-corrected chi connectivity index (χ0v) is 12.3. The van der Waals surface area contributed by atoms with Gasteiger partial charge in [0.25, 0.3) is 0 Å². The first-order chi connectivity index (χ1) is 9.61. The Hall–Kier alpha value is -1.10. The molecule has 1 aromatic carbocycles. The molecule has 0 spiro atoms. The van der Waals surface area contributed by atoms with E-state index >= 15 is 0 Å². The number of piperidine rings is 1. The molecule has 1 aliphatic heterocycles. The molecule has 0 amide bonds. The maximum Gasteiger partial charge on any atom is 0.0972 e. The largest absolute Gasteiger partial charge is 0.393 e. The summed E-state index contributed by atoms with van der Waals surface area (Å²) in [6, 6.07) is 8.61. The van der Waals surface area contributed by atoms with E-state index in [1.54, 1.807) is 6.92 Å². The molecule has 112 valence electrons. The van der Waals surface area contributed by atoms with Crippen molar-refractivity contribution in [2.75, 3.05) is 31.1 Å². The van der Waals surface area contributed by atoms with Crippen LogP contribution in [0.2, 0.25) is 0 Å². The van der Waals surface area contributed by atoms with Gasteiger partial charge in [0, 0.05) is 31.9 Å². The van der Waals surface area contributed by atoms with Gasteiger partial charge in [0.15, 0.2) is 0 Å². The minimum atomic E-state index is -1.05. The van der Waals surface area contributed by atoms with E-state index < -0.39 is 5.60 Å². The van der Waals surface area contributed by atoms with Gasteiger partial charge in [-0.05, 0) is 43.9 Å². The average Bonchev–Trinajstić information content (AvgIpc) is 2.49. The van der Waals surface area contributed by atoms with Gasteiger partial charge >= 0.3 is 0 Å². The number of hydrogen-bond donors (Lipinski definition) is 3. The second-order valence-electron chi connectivity index (χ2n) is 5.97. The number of hydrogen-bond acceptors (Lipinski definition) is 4. The smallest absolute Gasteiger partial charge is 0.0972 e. The van der Waals surface area contributed by atoms with Crippen molar-refractivity contribution in [2.24, 2.45) is 0 Å². The summed E-state index contributed by atoms with van der Waals surface area (Å²) in [6.07, 6.45) is 3.93. The zero-order valence-electron chi connectivity index (χ0n) is 12.3. The molecule has 4 heteroatoms. The second-order valence-corrected chi connectivity index (χ2v) is 5.97. The van der Waals surface area contributed by atoms with Crippen molar-refractivity contribution in [3.8, 4) is 0 Å². The van der Waals surface area contributed by atoms with Gasteiger partial charge < -0.3 is 20.4 Å². The summed E-state index contributed by atoms with van der Waals surface area (Å²) >= 11 is 0. The normalized spacial score (nSPS) is 18.9. The lowest BCUT2D eigenvalue weighted by molar-refractivity contribution is 0.00254. The van der Waals surface area contributed by atoms with Gasteiger partial charge in [-0.3, -0.25) is 0 Å². The topological polar surface area (TPSA) is 55.7 Å². The van der Waals surface area contributed by atoms with E-state index in [1.165, 1.54) is 30.5 Å². The minimum absolute atomic E-state index is 0.228. The highest BCUT2D eigenvalue weighted by atomic mass is 16.3. The Bertz CT molecular complexity index is 397. The van der Waals surface area contributed by atoms with Crippen LogP contribution in [0.15, 0.2) is 24.3 Å². The number of anilines is 1. The Balaban J connectivity index is 1.82. The van der Waals surface area contributed by atoms with Crippen molar-refractivity contribution in [3.63, 3.8) is 0 Å². The van der Waals surface area contributed by atoms with Crippen LogP contribution in [0.5, 0.6) is 0 Å². The maximum atomic E-state index is 9.70. The molecule has 0 aliphatic carbocycles. The van der Waals surface area contributed by atoms with Gasteiger partial charge in [-0.25, -0.2) is 0 Å². The molecule has 1 aromatic rings. The van der Waals surface area contributed by atoms with Crippen LogP contribution >= 0.6 is 0 Å². The van der Waals surface area contributed by atoms with Crippen molar-refractivity contribution in [1.29, 1.82) is 0 Å². The molecule has 2 rings (SSSR count). The number of nitrogens with one attached hydrogen (secondary N) is 1. The molecule has 1 saturated heterocycles. The molecule has 0 saturated carbocycles. The van der Waals surface area contributed by atoms with E-state index in [-0.39, 0.29) is 6.61 Å². The van der Waals surface area contributed by atoms with Crippen LogP contribution in [0.4, 0.5) is 5.69 Å². The number of rotatable bonds is 6. The summed E-state index contributed by atoms with van der Waals surface area (Å²) < 4.78 is 0. The molecule has 0 bridgehead atoms. The Kier molecular flexibility index (Phi) is 5.40. The number of nitrogens with zero attached hydrogens (tertiary/aromatic N) is 1. The molecule has 1 aliphatic rings. The van der Waals surface area contributed by atoms with Crippen LogP contribution in [-0.4, -0.2) is 42.1 Å². The lowest BCUT2D eigenvalue weighted by Crippen LogP contribution is -2.40. The summed E-state index contributed by atoms with van der Waals surface area (Å²) in [5.41, 5.74) is 1.45. The summed E-state index contributed by atoms with van der Waals surface area (Å²) in [6.45, 7) is 4.81. The maximum absolute atomic E-state index is 9.70. The first-order valence-corrected chi connectivity index (χ1v) is 7.49. The molecular formula is C16H26N2O2. The van der Waals surface area contributed by atoms with E-state index in [2.05, 4.69) is 34.5 Å².